The maximum Gasteiger partial charge on any atom is 0.0221 e. The van der Waals surface area contributed by atoms with Crippen molar-refractivity contribution in [1.82, 2.24) is 4.90 Å². The van der Waals surface area contributed by atoms with Crippen LogP contribution in [0.15, 0.2) is 0 Å². The summed E-state index contributed by atoms with van der Waals surface area (Å²) in [6.45, 7) is 8.10. The Balaban J connectivity index is 1.77. The molecule has 2 N–H and O–H groups in total. The highest BCUT2D eigenvalue weighted by atomic mass is 15.2. The Kier molecular flexibility index (Phi) is 2.85. The number of rotatable bonds is 4. The molecule has 82 valence electrons. The van der Waals surface area contributed by atoms with Crippen LogP contribution >= 0.6 is 0 Å². The Morgan fingerprint density at radius 2 is 1.93 bits per heavy atom. The molecule has 1 saturated carbocycles. The van der Waals surface area contributed by atoms with E-state index in [0.29, 0.717) is 6.04 Å². The lowest BCUT2D eigenvalue weighted by molar-refractivity contribution is -0.0844. The van der Waals surface area contributed by atoms with Crippen LogP contribution in [0, 0.1) is 11.3 Å². The molecule has 2 heteroatoms. The Morgan fingerprint density at radius 3 is 2.29 bits per heavy atom. The molecule has 2 nitrogen and oxygen atoms in total. The zero-order valence-corrected chi connectivity index (χ0v) is 9.63. The first-order chi connectivity index (χ1) is 6.65. The number of hydrogen-bond donors (Lipinski definition) is 1. The first kappa shape index (κ1) is 10.4. The summed E-state index contributed by atoms with van der Waals surface area (Å²) in [7, 11) is 0. The molecule has 14 heavy (non-hydrogen) atoms. The van der Waals surface area contributed by atoms with Crippen molar-refractivity contribution >= 4 is 0 Å². The van der Waals surface area contributed by atoms with E-state index in [1.165, 1.54) is 38.8 Å². The lowest BCUT2D eigenvalue weighted by Crippen LogP contribution is -2.63. The van der Waals surface area contributed by atoms with Gasteiger partial charge in [0.15, 0.2) is 0 Å². The van der Waals surface area contributed by atoms with Gasteiger partial charge < -0.3 is 5.73 Å². The molecule has 1 saturated heterocycles. The molecule has 2 aliphatic rings. The van der Waals surface area contributed by atoms with Crippen LogP contribution in [-0.4, -0.2) is 30.6 Å². The highest BCUT2D eigenvalue weighted by Gasteiger charge is 2.48. The molecule has 1 aliphatic carbocycles. The summed E-state index contributed by atoms with van der Waals surface area (Å²) in [5.74, 6) is 0.779. The van der Waals surface area contributed by atoms with Gasteiger partial charge in [0.25, 0.3) is 0 Å². The van der Waals surface area contributed by atoms with Crippen LogP contribution in [0.5, 0.6) is 0 Å². The van der Waals surface area contributed by atoms with E-state index in [0.717, 1.165) is 17.9 Å². The van der Waals surface area contributed by atoms with Crippen molar-refractivity contribution < 1.29 is 0 Å². The van der Waals surface area contributed by atoms with Gasteiger partial charge in [-0.3, -0.25) is 4.90 Å². The molecule has 0 aromatic rings. The highest BCUT2D eigenvalue weighted by Crippen LogP contribution is 2.48. The largest absolute Gasteiger partial charge is 0.329 e. The van der Waals surface area contributed by atoms with Gasteiger partial charge in [0, 0.05) is 25.7 Å². The Bertz CT molecular complexity index is 188. The Hall–Kier alpha value is -0.0800. The summed E-state index contributed by atoms with van der Waals surface area (Å²) < 4.78 is 0. The zero-order valence-electron chi connectivity index (χ0n) is 9.63. The molecule has 0 radical (unpaired) electrons. The fourth-order valence-electron chi connectivity index (χ4n) is 3.01. The molecule has 2 rings (SSSR count). The Morgan fingerprint density at radius 1 is 1.29 bits per heavy atom. The normalized spacial score (nSPS) is 27.4. The van der Waals surface area contributed by atoms with Crippen LogP contribution in [-0.2, 0) is 0 Å². The number of nitrogens with zero attached hydrogens (tertiary/aromatic N) is 1. The highest BCUT2D eigenvalue weighted by molar-refractivity contribution is 5.02. The number of hydrogen-bond acceptors (Lipinski definition) is 2. The predicted molar refractivity (Wildman–Crippen MR) is 60.2 cm³/mol. The third-order valence-corrected chi connectivity index (χ3v) is 4.02. The Labute approximate surface area is 87.8 Å². The third-order valence-electron chi connectivity index (χ3n) is 4.02. The maximum atomic E-state index is 5.84. The van der Waals surface area contributed by atoms with Gasteiger partial charge in [-0.2, -0.15) is 0 Å². The van der Waals surface area contributed by atoms with Crippen molar-refractivity contribution in [2.45, 2.75) is 45.6 Å². The fraction of sp³-hybridized carbons (Fsp3) is 1.00. The molecule has 1 unspecified atom stereocenters. The SMILES string of the molecule is CC(C)CC(CN)N1CC2(CCC2)C1. The van der Waals surface area contributed by atoms with Crippen molar-refractivity contribution in [1.29, 1.82) is 0 Å². The molecule has 0 amide bonds. The summed E-state index contributed by atoms with van der Waals surface area (Å²) >= 11 is 0. The predicted octanol–water partition coefficient (Wildman–Crippen LogP) is 1.85. The monoisotopic (exact) mass is 196 g/mol. The van der Waals surface area contributed by atoms with Crippen LogP contribution in [0.2, 0.25) is 0 Å². The van der Waals surface area contributed by atoms with Crippen LogP contribution in [0.25, 0.3) is 0 Å². The molecular formula is C12H24N2. The summed E-state index contributed by atoms with van der Waals surface area (Å²) in [5.41, 5.74) is 6.59. The smallest absolute Gasteiger partial charge is 0.0221 e. The number of nitrogens with two attached hydrogens (primary N) is 1. The van der Waals surface area contributed by atoms with Crippen molar-refractivity contribution in [2.75, 3.05) is 19.6 Å². The van der Waals surface area contributed by atoms with E-state index in [4.69, 9.17) is 5.73 Å². The van der Waals surface area contributed by atoms with Crippen molar-refractivity contribution in [3.63, 3.8) is 0 Å². The van der Waals surface area contributed by atoms with Gasteiger partial charge >= 0.3 is 0 Å². The van der Waals surface area contributed by atoms with Gasteiger partial charge in [0.1, 0.15) is 0 Å². The lowest BCUT2D eigenvalue weighted by Gasteiger charge is -2.58. The van der Waals surface area contributed by atoms with E-state index in [9.17, 15) is 0 Å². The molecule has 1 atom stereocenters. The first-order valence-electron chi connectivity index (χ1n) is 6.09. The maximum absolute atomic E-state index is 5.84. The molecule has 0 aromatic heterocycles. The van der Waals surface area contributed by atoms with Crippen molar-refractivity contribution in [3.8, 4) is 0 Å². The minimum absolute atomic E-state index is 0.654. The van der Waals surface area contributed by atoms with E-state index < -0.39 is 0 Å². The lowest BCUT2D eigenvalue weighted by atomic mass is 9.63. The molecule has 1 heterocycles. The number of likely N-dealkylation sites (tertiary alicyclic amines) is 1. The standard InChI is InChI=1S/C12H24N2/c1-10(2)6-11(7-13)14-8-12(9-14)4-3-5-12/h10-11H,3-9,13H2,1-2H3. The average Bonchev–Trinajstić information content (AvgIpc) is 1.96. The zero-order chi connectivity index (χ0) is 10.2. The minimum atomic E-state index is 0.654. The van der Waals surface area contributed by atoms with E-state index in [1.807, 2.05) is 0 Å². The quantitative estimate of drug-likeness (QED) is 0.743. The van der Waals surface area contributed by atoms with Gasteiger partial charge in [-0.05, 0) is 30.6 Å². The van der Waals surface area contributed by atoms with Gasteiger partial charge in [0.05, 0.1) is 0 Å². The van der Waals surface area contributed by atoms with Gasteiger partial charge in [-0.1, -0.05) is 20.3 Å². The molecular weight excluding hydrogens is 172 g/mol. The second-order valence-corrected chi connectivity index (χ2v) is 5.78. The van der Waals surface area contributed by atoms with Crippen LogP contribution in [0.4, 0.5) is 0 Å². The second-order valence-electron chi connectivity index (χ2n) is 5.78. The molecule has 0 bridgehead atoms. The fourth-order valence-corrected chi connectivity index (χ4v) is 3.01. The van der Waals surface area contributed by atoms with E-state index in [2.05, 4.69) is 18.7 Å². The van der Waals surface area contributed by atoms with E-state index in [-0.39, 0.29) is 0 Å². The summed E-state index contributed by atoms with van der Waals surface area (Å²) in [4.78, 5) is 2.61. The van der Waals surface area contributed by atoms with Crippen molar-refractivity contribution in [2.24, 2.45) is 17.1 Å². The molecule has 1 spiro atoms. The minimum Gasteiger partial charge on any atom is -0.329 e. The van der Waals surface area contributed by atoms with E-state index >= 15 is 0 Å². The van der Waals surface area contributed by atoms with Crippen LogP contribution < -0.4 is 5.73 Å². The van der Waals surface area contributed by atoms with Gasteiger partial charge in [-0.15, -0.1) is 0 Å². The molecule has 1 aliphatic heterocycles. The molecule has 0 aromatic carbocycles. The summed E-state index contributed by atoms with van der Waals surface area (Å²) in [6, 6.07) is 0.654. The van der Waals surface area contributed by atoms with Crippen molar-refractivity contribution in [3.05, 3.63) is 0 Å². The van der Waals surface area contributed by atoms with Crippen LogP contribution in [0.3, 0.4) is 0 Å². The first-order valence-corrected chi connectivity index (χ1v) is 6.09. The summed E-state index contributed by atoms with van der Waals surface area (Å²) in [6.07, 6.45) is 5.68. The van der Waals surface area contributed by atoms with Gasteiger partial charge in [-0.25, -0.2) is 0 Å². The third kappa shape index (κ3) is 1.82. The van der Waals surface area contributed by atoms with Crippen LogP contribution in [0.1, 0.15) is 39.5 Å². The topological polar surface area (TPSA) is 29.3 Å². The summed E-state index contributed by atoms with van der Waals surface area (Å²) in [5, 5.41) is 0. The van der Waals surface area contributed by atoms with E-state index in [1.54, 1.807) is 0 Å². The van der Waals surface area contributed by atoms with Gasteiger partial charge in [0.2, 0.25) is 0 Å². The second kappa shape index (κ2) is 3.82. The average molecular weight is 196 g/mol. The molecule has 2 fully saturated rings.